The molecule has 4 aliphatic heterocycles. The van der Waals surface area contributed by atoms with E-state index in [0.717, 1.165) is 20.3 Å². The molecule has 3 aromatic carbocycles. The maximum atomic E-state index is 15.2. The van der Waals surface area contributed by atoms with Gasteiger partial charge in [-0.1, -0.05) is 72.8 Å². The summed E-state index contributed by atoms with van der Waals surface area (Å²) in [7, 11) is 0. The normalized spacial score (nSPS) is 31.7. The molecule has 3 aromatic rings. The summed E-state index contributed by atoms with van der Waals surface area (Å²) in [4.78, 5) is 51.0. The smallest absolute Gasteiger partial charge is 0.327 e. The van der Waals surface area contributed by atoms with Crippen molar-refractivity contribution in [2.75, 3.05) is 19.7 Å². The predicted molar refractivity (Wildman–Crippen MR) is 179 cm³/mol. The number of likely N-dealkylation sites (tertiary alicyclic amines) is 1. The summed E-state index contributed by atoms with van der Waals surface area (Å²) < 4.78 is 21.2. The summed E-state index contributed by atoms with van der Waals surface area (Å²) in [5.74, 6) is -2.57. The molecule has 0 spiro atoms. The first-order chi connectivity index (χ1) is 23.4. The van der Waals surface area contributed by atoms with E-state index in [1.807, 2.05) is 84.9 Å². The Morgan fingerprint density at radius 3 is 2.35 bits per heavy atom. The van der Waals surface area contributed by atoms with Gasteiger partial charge in [0.15, 0.2) is 6.04 Å². The van der Waals surface area contributed by atoms with Gasteiger partial charge >= 0.3 is 5.97 Å². The summed E-state index contributed by atoms with van der Waals surface area (Å²) >= 11 is 2.24. The van der Waals surface area contributed by atoms with Gasteiger partial charge in [-0.05, 0) is 53.1 Å². The Morgan fingerprint density at radius 1 is 0.958 bits per heavy atom. The molecular formula is C36H36IN3O8. The van der Waals surface area contributed by atoms with E-state index in [1.165, 1.54) is 0 Å². The molecular weight excluding hydrogens is 729 g/mol. The lowest BCUT2D eigenvalue weighted by Gasteiger charge is -2.50. The van der Waals surface area contributed by atoms with Crippen LogP contribution in [0.3, 0.4) is 0 Å². The number of nitrogens with zero attached hydrogens (tertiary/aromatic N) is 2. The Labute approximate surface area is 291 Å². The molecule has 2 bridgehead atoms. The van der Waals surface area contributed by atoms with Crippen molar-refractivity contribution < 1.29 is 38.5 Å². The molecule has 2 N–H and O–H groups in total. The maximum absolute atomic E-state index is 15.2. The van der Waals surface area contributed by atoms with Crippen LogP contribution in [0.5, 0.6) is 0 Å². The number of halogens is 1. The van der Waals surface area contributed by atoms with Gasteiger partial charge in [0, 0.05) is 34.2 Å². The number of esters is 1. The van der Waals surface area contributed by atoms with E-state index >= 15 is 4.79 Å². The van der Waals surface area contributed by atoms with E-state index in [9.17, 15) is 14.7 Å². The number of ether oxygens (including phenoxy) is 3. The first-order valence-corrected chi connectivity index (χ1v) is 17.5. The minimum Gasteiger partial charge on any atom is -0.458 e. The van der Waals surface area contributed by atoms with Crippen LogP contribution in [0.2, 0.25) is 0 Å². The van der Waals surface area contributed by atoms with Crippen molar-refractivity contribution >= 4 is 40.4 Å². The molecule has 5 aliphatic rings. The minimum atomic E-state index is -1.41. The number of nitrogens with one attached hydrogen (secondary N) is 1. The van der Waals surface area contributed by atoms with Crippen molar-refractivity contribution in [1.29, 1.82) is 0 Å². The fraction of sp³-hybridized carbons (Fsp3) is 0.417. The molecule has 8 rings (SSSR count). The standard InChI is InChI=1S/C36H36IN3O8/c37-25-14-7-9-22(19-25)21-40-30-33(43)45-27-20-35(30,34(44)39-17-8-15-26(39)32(42)38-16-18-41)31(48-40)29-28(27)46-36(47-29,23-10-3-1-4-11-23)24-12-5-2-6-13-24/h1-7,9-14,19,26-31,41H,8,15-18,20-21H2,(H,38,42). The topological polar surface area (TPSA) is 127 Å². The average Bonchev–Trinajstić information content (AvgIpc) is 3.84. The number of hydroxylamine groups is 2. The Bertz CT molecular complexity index is 1670. The van der Waals surface area contributed by atoms with Crippen molar-refractivity contribution in [3.8, 4) is 0 Å². The Morgan fingerprint density at radius 2 is 1.67 bits per heavy atom. The van der Waals surface area contributed by atoms with Crippen molar-refractivity contribution in [3.05, 3.63) is 105 Å². The molecule has 12 heteroatoms. The number of aliphatic hydroxyl groups is 1. The number of carbonyl (C=O) groups is 3. The largest absolute Gasteiger partial charge is 0.458 e. The van der Waals surface area contributed by atoms with E-state index in [1.54, 1.807) is 9.96 Å². The van der Waals surface area contributed by atoms with E-state index in [0.29, 0.717) is 19.4 Å². The van der Waals surface area contributed by atoms with Crippen LogP contribution in [0, 0.1) is 8.99 Å². The minimum absolute atomic E-state index is 0.0882. The van der Waals surface area contributed by atoms with Crippen LogP contribution >= 0.6 is 22.6 Å². The van der Waals surface area contributed by atoms with Gasteiger partial charge in [-0.25, -0.2) is 0 Å². The highest BCUT2D eigenvalue weighted by atomic mass is 127. The highest BCUT2D eigenvalue weighted by Gasteiger charge is 2.77. The maximum Gasteiger partial charge on any atom is 0.327 e. The molecule has 2 amide bonds. The van der Waals surface area contributed by atoms with Crippen LogP contribution in [0.25, 0.3) is 0 Å². The molecule has 0 aromatic heterocycles. The molecule has 0 radical (unpaired) electrons. The second-order valence-corrected chi connectivity index (χ2v) is 14.3. The van der Waals surface area contributed by atoms with Gasteiger partial charge in [0.2, 0.25) is 17.6 Å². The highest BCUT2D eigenvalue weighted by Crippen LogP contribution is 2.60. The monoisotopic (exact) mass is 765 g/mol. The lowest BCUT2D eigenvalue weighted by Crippen LogP contribution is -2.70. The second kappa shape index (κ2) is 12.5. The third-order valence-corrected chi connectivity index (χ3v) is 11.0. The number of hydrogen-bond donors (Lipinski definition) is 2. The summed E-state index contributed by atoms with van der Waals surface area (Å²) in [6.07, 6.45) is -1.98. The first kappa shape index (κ1) is 31.8. The zero-order valence-electron chi connectivity index (χ0n) is 26.1. The lowest BCUT2D eigenvalue weighted by molar-refractivity contribution is -0.214. The van der Waals surface area contributed by atoms with Crippen LogP contribution in [0.4, 0.5) is 0 Å². The molecule has 1 saturated carbocycles. The SMILES string of the molecule is O=C(NCCO)C1CCCN1C(=O)C12CC3OC(=O)C1N(Cc1cccc(I)c1)OC2C1OC(c2ccccc2)(c2ccccc2)OC31. The van der Waals surface area contributed by atoms with E-state index in [-0.39, 0.29) is 37.9 Å². The summed E-state index contributed by atoms with van der Waals surface area (Å²) in [5.41, 5.74) is 1.02. The number of rotatable bonds is 8. The highest BCUT2D eigenvalue weighted by molar-refractivity contribution is 14.1. The summed E-state index contributed by atoms with van der Waals surface area (Å²) in [6.45, 7) is 0.469. The Kier molecular flexibility index (Phi) is 8.28. The fourth-order valence-electron chi connectivity index (χ4n) is 8.33. The van der Waals surface area contributed by atoms with Crippen LogP contribution in [0.15, 0.2) is 84.9 Å². The number of benzene rings is 3. The molecule has 4 saturated heterocycles. The summed E-state index contributed by atoms with van der Waals surface area (Å²) in [6, 6.07) is 25.3. The van der Waals surface area contributed by atoms with Gasteiger partial charge in [0.1, 0.15) is 35.9 Å². The predicted octanol–water partition coefficient (Wildman–Crippen LogP) is 2.88. The fourth-order valence-corrected chi connectivity index (χ4v) is 8.94. The number of aliphatic hydroxyl groups excluding tert-OH is 1. The zero-order valence-corrected chi connectivity index (χ0v) is 28.2. The molecule has 7 unspecified atom stereocenters. The number of fused-ring (bicyclic) bond motifs is 4. The lowest BCUT2D eigenvalue weighted by atomic mass is 9.62. The molecule has 4 heterocycles. The molecule has 11 nitrogen and oxygen atoms in total. The van der Waals surface area contributed by atoms with Crippen molar-refractivity contribution in [1.82, 2.24) is 15.3 Å². The van der Waals surface area contributed by atoms with Crippen LogP contribution in [0.1, 0.15) is 36.0 Å². The van der Waals surface area contributed by atoms with Crippen LogP contribution in [-0.4, -0.2) is 89.0 Å². The van der Waals surface area contributed by atoms with Crippen molar-refractivity contribution in [3.63, 3.8) is 0 Å². The third kappa shape index (κ3) is 4.99. The van der Waals surface area contributed by atoms with Crippen LogP contribution < -0.4 is 5.32 Å². The number of carbonyl (C=O) groups excluding carboxylic acids is 3. The molecule has 250 valence electrons. The number of amides is 2. The first-order valence-electron chi connectivity index (χ1n) is 16.4. The second-order valence-electron chi connectivity index (χ2n) is 13.0. The summed E-state index contributed by atoms with van der Waals surface area (Å²) in [5, 5.41) is 13.6. The average molecular weight is 766 g/mol. The van der Waals surface area contributed by atoms with Gasteiger partial charge in [0.05, 0.1) is 13.2 Å². The van der Waals surface area contributed by atoms with E-state index in [4.69, 9.17) is 19.0 Å². The molecule has 48 heavy (non-hydrogen) atoms. The zero-order chi connectivity index (χ0) is 33.0. The molecule has 7 atom stereocenters. The van der Waals surface area contributed by atoms with Gasteiger partial charge in [-0.15, -0.1) is 0 Å². The van der Waals surface area contributed by atoms with Crippen molar-refractivity contribution in [2.24, 2.45) is 5.41 Å². The molecule has 1 aliphatic carbocycles. The van der Waals surface area contributed by atoms with E-state index < -0.39 is 53.7 Å². The van der Waals surface area contributed by atoms with Crippen molar-refractivity contribution in [2.45, 2.75) is 68.1 Å². The Balaban J connectivity index is 1.24. The van der Waals surface area contributed by atoms with Gasteiger partial charge in [-0.2, -0.15) is 5.06 Å². The quantitative estimate of drug-likeness (QED) is 0.263. The van der Waals surface area contributed by atoms with Crippen LogP contribution in [-0.2, 0) is 45.8 Å². The van der Waals surface area contributed by atoms with Gasteiger partial charge in [-0.3, -0.25) is 19.2 Å². The van der Waals surface area contributed by atoms with Gasteiger partial charge in [0.25, 0.3) is 0 Å². The molecule has 5 fully saturated rings. The van der Waals surface area contributed by atoms with E-state index in [2.05, 4.69) is 27.9 Å². The Hall–Kier alpha value is -3.40. The third-order valence-electron chi connectivity index (χ3n) is 10.3. The number of hydrogen-bond acceptors (Lipinski definition) is 9. The van der Waals surface area contributed by atoms with Gasteiger partial charge < -0.3 is 29.5 Å².